The van der Waals surface area contributed by atoms with Gasteiger partial charge in [0.05, 0.1) is 16.4 Å². The predicted octanol–water partition coefficient (Wildman–Crippen LogP) is 4.86. The first-order valence-corrected chi connectivity index (χ1v) is 7.77. The molecule has 0 bridgehead atoms. The number of carbonyl (C=O) groups is 1. The average Bonchev–Trinajstić information content (AvgIpc) is 2.85. The van der Waals surface area contributed by atoms with Crippen molar-refractivity contribution in [1.29, 1.82) is 0 Å². The fraction of sp³-hybridized carbons (Fsp3) is 0.286. The quantitative estimate of drug-likeness (QED) is 0.830. The highest BCUT2D eigenvalue weighted by Crippen LogP contribution is 2.33. The molecule has 0 fully saturated rings. The lowest BCUT2D eigenvalue weighted by atomic mass is 9.90. The van der Waals surface area contributed by atoms with Gasteiger partial charge >= 0.3 is 5.97 Å². The summed E-state index contributed by atoms with van der Waals surface area (Å²) in [7, 11) is 0. The smallest absolute Gasteiger partial charge is 0.315 e. The molecule has 0 radical (unpaired) electrons. The van der Waals surface area contributed by atoms with Crippen LogP contribution in [0.25, 0.3) is 0 Å². The summed E-state index contributed by atoms with van der Waals surface area (Å²) in [5, 5.41) is 15.7. The highest BCUT2D eigenvalue weighted by atomic mass is 35.5. The van der Waals surface area contributed by atoms with Crippen molar-refractivity contribution < 1.29 is 9.90 Å². The number of hydrogen-bond donors (Lipinski definition) is 2. The molecule has 2 rings (SSSR count). The van der Waals surface area contributed by atoms with Crippen LogP contribution in [0, 0.1) is 6.92 Å². The van der Waals surface area contributed by atoms with Crippen LogP contribution < -0.4 is 5.32 Å². The predicted molar refractivity (Wildman–Crippen MR) is 87.3 cm³/mol. The standard InChI is InChI=1S/C14H14Cl2N2O2S/c1-7-4-9(16)10(5-8(7)15)17-13-18-11(6-21-13)14(2,3)12(19)20/h4-6H,1-3H3,(H,17,18)(H,19,20). The van der Waals surface area contributed by atoms with Crippen molar-refractivity contribution >= 4 is 51.3 Å². The Balaban J connectivity index is 2.28. The number of hydrogen-bond acceptors (Lipinski definition) is 4. The van der Waals surface area contributed by atoms with Crippen LogP contribution in [0.2, 0.25) is 10.0 Å². The lowest BCUT2D eigenvalue weighted by Gasteiger charge is -2.15. The van der Waals surface area contributed by atoms with Crippen LogP contribution in [0.15, 0.2) is 17.5 Å². The van der Waals surface area contributed by atoms with Gasteiger partial charge in [-0.25, -0.2) is 4.98 Å². The molecule has 0 spiro atoms. The Hall–Kier alpha value is -1.30. The Morgan fingerprint density at radius 2 is 2.00 bits per heavy atom. The van der Waals surface area contributed by atoms with Crippen molar-refractivity contribution in [2.45, 2.75) is 26.2 Å². The minimum absolute atomic E-state index is 0.497. The molecule has 21 heavy (non-hydrogen) atoms. The molecule has 1 aromatic heterocycles. The van der Waals surface area contributed by atoms with Crippen molar-refractivity contribution in [2.24, 2.45) is 0 Å². The Kier molecular flexibility index (Phi) is 4.46. The molecule has 0 saturated heterocycles. The van der Waals surface area contributed by atoms with Gasteiger partial charge in [-0.3, -0.25) is 4.79 Å². The average molecular weight is 345 g/mol. The summed E-state index contributed by atoms with van der Waals surface area (Å²) in [5.41, 5.74) is 0.989. The zero-order valence-electron chi connectivity index (χ0n) is 11.7. The van der Waals surface area contributed by atoms with E-state index in [1.54, 1.807) is 31.4 Å². The van der Waals surface area contributed by atoms with E-state index in [1.165, 1.54) is 11.3 Å². The van der Waals surface area contributed by atoms with Crippen LogP contribution in [0.4, 0.5) is 10.8 Å². The molecule has 4 nitrogen and oxygen atoms in total. The molecule has 0 amide bonds. The third-order valence-electron chi connectivity index (χ3n) is 3.17. The largest absolute Gasteiger partial charge is 0.481 e. The van der Waals surface area contributed by atoms with Gasteiger partial charge in [0.1, 0.15) is 5.41 Å². The molecule has 2 N–H and O–H groups in total. The lowest BCUT2D eigenvalue weighted by Crippen LogP contribution is -2.28. The zero-order valence-corrected chi connectivity index (χ0v) is 14.0. The molecule has 0 unspecified atom stereocenters. The van der Waals surface area contributed by atoms with E-state index >= 15 is 0 Å². The number of thiazole rings is 1. The summed E-state index contributed by atoms with van der Waals surface area (Å²) in [4.78, 5) is 15.5. The normalized spacial score (nSPS) is 11.5. The van der Waals surface area contributed by atoms with E-state index < -0.39 is 11.4 Å². The highest BCUT2D eigenvalue weighted by Gasteiger charge is 2.32. The first kappa shape index (κ1) is 16.1. The van der Waals surface area contributed by atoms with E-state index in [0.29, 0.717) is 26.6 Å². The van der Waals surface area contributed by atoms with Gasteiger partial charge in [-0.2, -0.15) is 0 Å². The Morgan fingerprint density at radius 3 is 2.62 bits per heavy atom. The first-order valence-electron chi connectivity index (χ1n) is 6.14. The number of nitrogens with one attached hydrogen (secondary N) is 1. The number of benzene rings is 1. The minimum atomic E-state index is -1.04. The monoisotopic (exact) mass is 344 g/mol. The maximum Gasteiger partial charge on any atom is 0.315 e. The van der Waals surface area contributed by atoms with Crippen molar-refractivity contribution in [3.63, 3.8) is 0 Å². The zero-order chi connectivity index (χ0) is 15.8. The fourth-order valence-corrected chi connectivity index (χ4v) is 2.90. The van der Waals surface area contributed by atoms with Crippen LogP contribution in [-0.4, -0.2) is 16.1 Å². The second-order valence-electron chi connectivity index (χ2n) is 5.17. The number of rotatable bonds is 4. The molecule has 7 heteroatoms. The van der Waals surface area contributed by atoms with Crippen molar-refractivity contribution in [1.82, 2.24) is 4.98 Å². The van der Waals surface area contributed by atoms with E-state index in [4.69, 9.17) is 23.2 Å². The van der Waals surface area contributed by atoms with Crippen molar-refractivity contribution in [2.75, 3.05) is 5.32 Å². The second-order valence-corrected chi connectivity index (χ2v) is 6.85. The number of aryl methyl sites for hydroxylation is 1. The molecule has 1 heterocycles. The number of carboxylic acids is 1. The fourth-order valence-electron chi connectivity index (χ4n) is 1.59. The molecular formula is C14H14Cl2N2O2S. The number of aromatic nitrogens is 1. The topological polar surface area (TPSA) is 62.2 Å². The third-order valence-corrected chi connectivity index (χ3v) is 4.65. The number of nitrogens with zero attached hydrogens (tertiary/aromatic N) is 1. The molecule has 1 aromatic carbocycles. The summed E-state index contributed by atoms with van der Waals surface area (Å²) in [6.45, 7) is 5.10. The SMILES string of the molecule is Cc1cc(Cl)c(Nc2nc(C(C)(C)C(=O)O)cs2)cc1Cl. The van der Waals surface area contributed by atoms with Gasteiger partial charge in [0, 0.05) is 10.4 Å². The summed E-state index contributed by atoms with van der Waals surface area (Å²) in [6.07, 6.45) is 0. The van der Waals surface area contributed by atoms with Crippen LogP contribution in [-0.2, 0) is 10.2 Å². The van der Waals surface area contributed by atoms with Gasteiger partial charge < -0.3 is 10.4 Å². The van der Waals surface area contributed by atoms with E-state index in [1.807, 2.05) is 6.92 Å². The van der Waals surface area contributed by atoms with Crippen molar-refractivity contribution in [3.8, 4) is 0 Å². The van der Waals surface area contributed by atoms with Gasteiger partial charge in [-0.1, -0.05) is 23.2 Å². The minimum Gasteiger partial charge on any atom is -0.481 e. The first-order chi connectivity index (χ1) is 9.71. The summed E-state index contributed by atoms with van der Waals surface area (Å²) < 4.78 is 0. The molecule has 112 valence electrons. The summed E-state index contributed by atoms with van der Waals surface area (Å²) in [5.74, 6) is -0.921. The van der Waals surface area contributed by atoms with Crippen LogP contribution in [0.1, 0.15) is 25.1 Å². The number of carboxylic acid groups (broad SMARTS) is 1. The molecule has 0 atom stereocenters. The van der Waals surface area contributed by atoms with E-state index in [-0.39, 0.29) is 0 Å². The van der Waals surface area contributed by atoms with Crippen LogP contribution in [0.3, 0.4) is 0 Å². The van der Waals surface area contributed by atoms with E-state index in [0.717, 1.165) is 5.56 Å². The van der Waals surface area contributed by atoms with Crippen molar-refractivity contribution in [3.05, 3.63) is 38.8 Å². The Bertz CT molecular complexity index is 698. The molecule has 0 aliphatic heterocycles. The number of halogens is 2. The third kappa shape index (κ3) is 3.31. The summed E-state index contributed by atoms with van der Waals surface area (Å²) in [6, 6.07) is 3.49. The molecular weight excluding hydrogens is 331 g/mol. The molecule has 0 saturated carbocycles. The Morgan fingerprint density at radius 1 is 1.33 bits per heavy atom. The van der Waals surface area contributed by atoms with Gasteiger partial charge in [0.25, 0.3) is 0 Å². The summed E-state index contributed by atoms with van der Waals surface area (Å²) >= 11 is 13.6. The van der Waals surface area contributed by atoms with Gasteiger partial charge in [0.15, 0.2) is 5.13 Å². The van der Waals surface area contributed by atoms with Gasteiger partial charge in [-0.05, 0) is 38.5 Å². The molecule has 0 aliphatic carbocycles. The molecule has 2 aromatic rings. The number of anilines is 2. The van der Waals surface area contributed by atoms with E-state index in [2.05, 4.69) is 10.3 Å². The van der Waals surface area contributed by atoms with E-state index in [9.17, 15) is 9.90 Å². The Labute approximate surface area is 136 Å². The highest BCUT2D eigenvalue weighted by molar-refractivity contribution is 7.13. The van der Waals surface area contributed by atoms with Crippen LogP contribution in [0.5, 0.6) is 0 Å². The number of aliphatic carboxylic acids is 1. The molecule has 0 aliphatic rings. The lowest BCUT2D eigenvalue weighted by molar-refractivity contribution is -0.142. The maximum absolute atomic E-state index is 11.2. The van der Waals surface area contributed by atoms with Gasteiger partial charge in [-0.15, -0.1) is 11.3 Å². The maximum atomic E-state index is 11.2. The van der Waals surface area contributed by atoms with Crippen LogP contribution >= 0.6 is 34.5 Å². The van der Waals surface area contributed by atoms with Gasteiger partial charge in [0.2, 0.25) is 0 Å². The second kappa shape index (κ2) is 5.83.